The molecule has 0 spiro atoms. The second-order valence-corrected chi connectivity index (χ2v) is 4.63. The van der Waals surface area contributed by atoms with Crippen molar-refractivity contribution in [3.8, 4) is 0 Å². The first-order valence-corrected chi connectivity index (χ1v) is 5.85. The standard InChI is InChI=1S/C10H9BrClNO4/c1-6(5-17-10(12)14)8-4-7(11)2-3-9(8)13(15)16/h2-4,6H,5H2,1H3. The van der Waals surface area contributed by atoms with Gasteiger partial charge in [-0.1, -0.05) is 22.9 Å². The molecular weight excluding hydrogens is 313 g/mol. The van der Waals surface area contributed by atoms with E-state index < -0.39 is 10.4 Å². The Morgan fingerprint density at radius 2 is 2.29 bits per heavy atom. The van der Waals surface area contributed by atoms with Crippen LogP contribution in [0, 0.1) is 10.1 Å². The summed E-state index contributed by atoms with van der Waals surface area (Å²) in [6.45, 7) is 1.72. The first-order chi connectivity index (χ1) is 7.91. The van der Waals surface area contributed by atoms with Crippen LogP contribution in [0.2, 0.25) is 0 Å². The average Bonchev–Trinajstić information content (AvgIpc) is 2.25. The van der Waals surface area contributed by atoms with Crippen molar-refractivity contribution in [2.45, 2.75) is 12.8 Å². The Hall–Kier alpha value is -1.14. The first-order valence-electron chi connectivity index (χ1n) is 4.68. The third-order valence-electron chi connectivity index (χ3n) is 2.16. The Morgan fingerprint density at radius 1 is 1.65 bits per heavy atom. The summed E-state index contributed by atoms with van der Waals surface area (Å²) in [6.07, 6.45) is 0. The first kappa shape index (κ1) is 13.9. The van der Waals surface area contributed by atoms with E-state index in [1.54, 1.807) is 19.1 Å². The number of nitro groups is 1. The van der Waals surface area contributed by atoms with Gasteiger partial charge in [-0.05, 0) is 12.1 Å². The maximum atomic E-state index is 10.8. The Morgan fingerprint density at radius 3 is 2.82 bits per heavy atom. The monoisotopic (exact) mass is 321 g/mol. The Balaban J connectivity index is 2.97. The van der Waals surface area contributed by atoms with Gasteiger partial charge in [0.05, 0.1) is 11.5 Å². The normalized spacial score (nSPS) is 11.9. The molecule has 5 nitrogen and oxygen atoms in total. The van der Waals surface area contributed by atoms with E-state index in [0.29, 0.717) is 5.56 Å². The molecule has 0 radical (unpaired) electrons. The molecule has 0 aliphatic carbocycles. The summed E-state index contributed by atoms with van der Waals surface area (Å²) >= 11 is 8.28. The van der Waals surface area contributed by atoms with Crippen molar-refractivity contribution < 1.29 is 14.5 Å². The van der Waals surface area contributed by atoms with Crippen LogP contribution in [0.25, 0.3) is 0 Å². The second-order valence-electron chi connectivity index (χ2n) is 3.41. The molecule has 92 valence electrons. The molecule has 1 rings (SSSR count). The molecule has 1 aromatic rings. The lowest BCUT2D eigenvalue weighted by Gasteiger charge is -2.11. The van der Waals surface area contributed by atoms with Crippen LogP contribution >= 0.6 is 27.5 Å². The lowest BCUT2D eigenvalue weighted by Crippen LogP contribution is -2.08. The van der Waals surface area contributed by atoms with Gasteiger partial charge in [-0.25, -0.2) is 4.79 Å². The van der Waals surface area contributed by atoms with E-state index in [9.17, 15) is 14.9 Å². The van der Waals surface area contributed by atoms with Crippen LogP contribution in [0.5, 0.6) is 0 Å². The van der Waals surface area contributed by atoms with Gasteiger partial charge in [0.15, 0.2) is 0 Å². The molecule has 7 heteroatoms. The molecule has 1 unspecified atom stereocenters. The smallest absolute Gasteiger partial charge is 0.403 e. The van der Waals surface area contributed by atoms with Crippen molar-refractivity contribution in [2.75, 3.05) is 6.61 Å². The van der Waals surface area contributed by atoms with Crippen LogP contribution in [0.3, 0.4) is 0 Å². The summed E-state index contributed by atoms with van der Waals surface area (Å²) in [5.41, 5.74) is -0.442. The molecule has 0 aliphatic rings. The molecular formula is C10H9BrClNO4. The number of carbonyl (C=O) groups is 1. The third kappa shape index (κ3) is 3.98. The number of hydrogen-bond acceptors (Lipinski definition) is 4. The summed E-state index contributed by atoms with van der Waals surface area (Å²) in [5.74, 6) is -0.310. The summed E-state index contributed by atoms with van der Waals surface area (Å²) in [7, 11) is 0. The lowest BCUT2D eigenvalue weighted by atomic mass is 10.0. The predicted octanol–water partition coefficient (Wildman–Crippen LogP) is 3.84. The zero-order valence-corrected chi connectivity index (χ0v) is 11.2. The van der Waals surface area contributed by atoms with E-state index in [4.69, 9.17) is 11.6 Å². The SMILES string of the molecule is CC(COC(=O)Cl)c1cc(Br)ccc1[N+](=O)[O-]. The molecule has 1 atom stereocenters. The van der Waals surface area contributed by atoms with Gasteiger partial charge < -0.3 is 4.74 Å². The van der Waals surface area contributed by atoms with E-state index in [1.165, 1.54) is 6.07 Å². The number of benzene rings is 1. The zero-order chi connectivity index (χ0) is 13.0. The van der Waals surface area contributed by atoms with Crippen molar-refractivity contribution in [3.63, 3.8) is 0 Å². The molecule has 0 aromatic heterocycles. The molecule has 0 saturated heterocycles. The fraction of sp³-hybridized carbons (Fsp3) is 0.300. The van der Waals surface area contributed by atoms with Crippen LogP contribution in [0.4, 0.5) is 10.5 Å². The Kier molecular flexibility index (Phi) is 4.89. The van der Waals surface area contributed by atoms with E-state index in [1.807, 2.05) is 0 Å². The van der Waals surface area contributed by atoms with Crippen LogP contribution in [0.1, 0.15) is 18.4 Å². The molecule has 0 fully saturated rings. The number of hydrogen-bond donors (Lipinski definition) is 0. The minimum absolute atomic E-state index is 0.000370. The molecule has 0 N–H and O–H groups in total. The maximum absolute atomic E-state index is 10.8. The number of rotatable bonds is 4. The summed E-state index contributed by atoms with van der Waals surface area (Å²) in [5, 5.41) is 10.8. The third-order valence-corrected chi connectivity index (χ3v) is 2.77. The predicted molar refractivity (Wildman–Crippen MR) is 66.4 cm³/mol. The van der Waals surface area contributed by atoms with E-state index in [2.05, 4.69) is 20.7 Å². The van der Waals surface area contributed by atoms with Crippen molar-refractivity contribution in [2.24, 2.45) is 0 Å². The maximum Gasteiger partial charge on any atom is 0.403 e. The van der Waals surface area contributed by atoms with E-state index >= 15 is 0 Å². The van der Waals surface area contributed by atoms with Crippen molar-refractivity contribution in [1.29, 1.82) is 0 Å². The highest BCUT2D eigenvalue weighted by atomic mass is 79.9. The quantitative estimate of drug-likeness (QED) is 0.480. The minimum atomic E-state index is -0.922. The largest absolute Gasteiger partial charge is 0.453 e. The molecule has 0 heterocycles. The average molecular weight is 323 g/mol. The van der Waals surface area contributed by atoms with Gasteiger partial charge in [-0.3, -0.25) is 10.1 Å². The minimum Gasteiger partial charge on any atom is -0.453 e. The number of nitrogens with zero attached hydrogens (tertiary/aromatic N) is 1. The molecule has 0 aliphatic heterocycles. The van der Waals surface area contributed by atoms with E-state index in [-0.39, 0.29) is 18.2 Å². The molecule has 0 amide bonds. The number of halogens is 2. The molecule has 0 bridgehead atoms. The number of nitro benzene ring substituents is 1. The van der Waals surface area contributed by atoms with Gasteiger partial charge in [-0.15, -0.1) is 0 Å². The highest BCUT2D eigenvalue weighted by Gasteiger charge is 2.20. The van der Waals surface area contributed by atoms with Gasteiger partial charge in [0.25, 0.3) is 5.69 Å². The number of carbonyl (C=O) groups excluding carboxylic acids is 1. The van der Waals surface area contributed by atoms with Crippen LogP contribution in [-0.4, -0.2) is 17.0 Å². The summed E-state index contributed by atoms with van der Waals surface area (Å²) < 4.78 is 5.35. The molecule has 1 aromatic carbocycles. The van der Waals surface area contributed by atoms with E-state index in [0.717, 1.165) is 4.47 Å². The van der Waals surface area contributed by atoms with Crippen LogP contribution in [0.15, 0.2) is 22.7 Å². The van der Waals surface area contributed by atoms with Gasteiger partial charge in [0.1, 0.15) is 0 Å². The summed E-state index contributed by atoms with van der Waals surface area (Å²) in [6, 6.07) is 4.62. The van der Waals surface area contributed by atoms with Crippen LogP contribution in [-0.2, 0) is 4.74 Å². The highest BCUT2D eigenvalue weighted by Crippen LogP contribution is 2.29. The van der Waals surface area contributed by atoms with Gasteiger partial charge in [0.2, 0.25) is 0 Å². The molecule has 0 saturated carbocycles. The number of ether oxygens (including phenoxy) is 1. The summed E-state index contributed by atoms with van der Waals surface area (Å²) in [4.78, 5) is 20.8. The van der Waals surface area contributed by atoms with Crippen molar-refractivity contribution >= 4 is 38.6 Å². The fourth-order valence-electron chi connectivity index (χ4n) is 1.37. The van der Waals surface area contributed by atoms with Gasteiger partial charge in [0, 0.05) is 33.6 Å². The van der Waals surface area contributed by atoms with Gasteiger partial charge in [-0.2, -0.15) is 0 Å². The zero-order valence-electron chi connectivity index (χ0n) is 8.85. The Bertz CT molecular complexity index is 452. The Labute approximate surface area is 111 Å². The highest BCUT2D eigenvalue weighted by molar-refractivity contribution is 9.10. The van der Waals surface area contributed by atoms with Crippen molar-refractivity contribution in [1.82, 2.24) is 0 Å². The molecule has 17 heavy (non-hydrogen) atoms. The topological polar surface area (TPSA) is 69.4 Å². The van der Waals surface area contributed by atoms with Crippen molar-refractivity contribution in [3.05, 3.63) is 38.3 Å². The van der Waals surface area contributed by atoms with Gasteiger partial charge >= 0.3 is 5.43 Å². The lowest BCUT2D eigenvalue weighted by molar-refractivity contribution is -0.385. The second kappa shape index (κ2) is 5.97. The van der Waals surface area contributed by atoms with Crippen LogP contribution < -0.4 is 0 Å². The fourth-order valence-corrected chi connectivity index (χ4v) is 1.81.